The molecule has 1 fully saturated rings. The highest BCUT2D eigenvalue weighted by Crippen LogP contribution is 2.31. The molecule has 0 spiro atoms. The van der Waals surface area contributed by atoms with Crippen molar-refractivity contribution in [3.05, 3.63) is 11.5 Å². The van der Waals surface area contributed by atoms with E-state index in [4.69, 9.17) is 11.6 Å². The number of hydrogen-bond donors (Lipinski definition) is 1. The maximum atomic E-state index is 6.15. The minimum Gasteiger partial charge on any atom is -0.377 e. The van der Waals surface area contributed by atoms with Crippen molar-refractivity contribution in [2.24, 2.45) is 0 Å². The van der Waals surface area contributed by atoms with Crippen molar-refractivity contribution in [3.8, 4) is 0 Å². The van der Waals surface area contributed by atoms with Crippen LogP contribution in [0, 0.1) is 0 Å². The fraction of sp³-hybridized carbons (Fsp3) is 0.667. The Morgan fingerprint density at radius 2 is 1.94 bits per heavy atom. The fourth-order valence-electron chi connectivity index (χ4n) is 2.27. The summed E-state index contributed by atoms with van der Waals surface area (Å²) in [5.74, 6) is 0.857. The third-order valence-electron chi connectivity index (χ3n) is 3.16. The highest BCUT2D eigenvalue weighted by molar-refractivity contribution is 6.32. The molecule has 2 rings (SSSR count). The largest absolute Gasteiger partial charge is 0.377 e. The molecule has 1 aliphatic rings. The Kier molecular flexibility index (Phi) is 4.05. The highest BCUT2D eigenvalue weighted by Gasteiger charge is 2.18. The van der Waals surface area contributed by atoms with E-state index < -0.39 is 0 Å². The van der Waals surface area contributed by atoms with Crippen LogP contribution in [0.2, 0.25) is 5.15 Å². The number of hydrogen-bond acceptors (Lipinski definition) is 4. The fourth-order valence-corrected chi connectivity index (χ4v) is 2.45. The average Bonchev–Trinajstić information content (AvgIpc) is 2.33. The van der Waals surface area contributed by atoms with Crippen LogP contribution in [-0.2, 0) is 0 Å². The molecule has 1 saturated carbocycles. The minimum absolute atomic E-state index is 0.506. The first-order valence-electron chi connectivity index (χ1n) is 6.13. The molecule has 0 unspecified atom stereocenters. The summed E-state index contributed by atoms with van der Waals surface area (Å²) in [4.78, 5) is 10.3. The lowest BCUT2D eigenvalue weighted by atomic mass is 9.95. The van der Waals surface area contributed by atoms with E-state index in [1.807, 2.05) is 19.0 Å². The van der Waals surface area contributed by atoms with E-state index in [1.54, 1.807) is 0 Å². The first-order chi connectivity index (χ1) is 8.18. The van der Waals surface area contributed by atoms with E-state index in [0.29, 0.717) is 11.2 Å². The van der Waals surface area contributed by atoms with Crippen LogP contribution >= 0.6 is 11.6 Å². The lowest BCUT2D eigenvalue weighted by molar-refractivity contribution is 0.462. The zero-order valence-corrected chi connectivity index (χ0v) is 11.2. The summed E-state index contributed by atoms with van der Waals surface area (Å²) in [7, 11) is 3.93. The number of halogens is 1. The number of aromatic nitrogens is 2. The summed E-state index contributed by atoms with van der Waals surface area (Å²) >= 11 is 6.15. The quantitative estimate of drug-likeness (QED) is 0.842. The van der Waals surface area contributed by atoms with Crippen LogP contribution in [0.5, 0.6) is 0 Å². The van der Waals surface area contributed by atoms with Crippen molar-refractivity contribution >= 4 is 23.1 Å². The number of nitrogens with one attached hydrogen (secondary N) is 1. The molecular formula is C12H19ClN4. The lowest BCUT2D eigenvalue weighted by Crippen LogP contribution is -2.24. The minimum atomic E-state index is 0.506. The van der Waals surface area contributed by atoms with Gasteiger partial charge >= 0.3 is 0 Å². The molecule has 1 heterocycles. The van der Waals surface area contributed by atoms with E-state index in [1.165, 1.54) is 38.4 Å². The molecular weight excluding hydrogens is 236 g/mol. The predicted octanol–water partition coefficient (Wildman–Crippen LogP) is 2.94. The second-order valence-electron chi connectivity index (χ2n) is 4.74. The van der Waals surface area contributed by atoms with Gasteiger partial charge in [0.2, 0.25) is 0 Å². The second-order valence-corrected chi connectivity index (χ2v) is 5.09. The van der Waals surface area contributed by atoms with E-state index in [0.717, 1.165) is 11.5 Å². The van der Waals surface area contributed by atoms with Crippen molar-refractivity contribution in [3.63, 3.8) is 0 Å². The van der Waals surface area contributed by atoms with Gasteiger partial charge in [0.15, 0.2) is 11.0 Å². The van der Waals surface area contributed by atoms with E-state index in [2.05, 4.69) is 15.3 Å². The van der Waals surface area contributed by atoms with Gasteiger partial charge in [0.25, 0.3) is 0 Å². The predicted molar refractivity (Wildman–Crippen MR) is 71.9 cm³/mol. The summed E-state index contributed by atoms with van der Waals surface area (Å²) < 4.78 is 0. The Morgan fingerprint density at radius 1 is 1.24 bits per heavy atom. The summed E-state index contributed by atoms with van der Waals surface area (Å²) in [5, 5.41) is 4.01. The molecule has 0 radical (unpaired) electrons. The molecule has 0 aliphatic heterocycles. The van der Waals surface area contributed by atoms with Crippen molar-refractivity contribution in [1.29, 1.82) is 0 Å². The van der Waals surface area contributed by atoms with Crippen molar-refractivity contribution in [1.82, 2.24) is 9.97 Å². The molecule has 5 heteroatoms. The smallest absolute Gasteiger partial charge is 0.157 e. The van der Waals surface area contributed by atoms with Crippen LogP contribution in [0.3, 0.4) is 0 Å². The Bertz CT molecular complexity index is 375. The van der Waals surface area contributed by atoms with Gasteiger partial charge < -0.3 is 10.2 Å². The summed E-state index contributed by atoms with van der Waals surface area (Å²) in [5.41, 5.74) is 0.867. The van der Waals surface area contributed by atoms with E-state index >= 15 is 0 Å². The van der Waals surface area contributed by atoms with Crippen LogP contribution < -0.4 is 10.2 Å². The molecule has 17 heavy (non-hydrogen) atoms. The molecule has 1 N–H and O–H groups in total. The third kappa shape index (κ3) is 3.00. The van der Waals surface area contributed by atoms with Gasteiger partial charge in [-0.2, -0.15) is 0 Å². The Labute approximate surface area is 107 Å². The molecule has 0 aromatic carbocycles. The number of anilines is 2. The maximum Gasteiger partial charge on any atom is 0.157 e. The zero-order chi connectivity index (χ0) is 12.3. The Hall–Kier alpha value is -1.03. The zero-order valence-electron chi connectivity index (χ0n) is 10.4. The second kappa shape index (κ2) is 5.54. The van der Waals surface area contributed by atoms with Crippen LogP contribution in [0.4, 0.5) is 11.5 Å². The van der Waals surface area contributed by atoms with Gasteiger partial charge in [-0.25, -0.2) is 9.97 Å². The molecule has 1 aromatic heterocycles. The molecule has 0 saturated heterocycles. The standard InChI is InChI=1S/C12H19ClN4/c1-17(2)12-10(11(13)14-8-15-12)16-9-6-4-3-5-7-9/h8-9,16H,3-7H2,1-2H3. The monoisotopic (exact) mass is 254 g/mol. The Morgan fingerprint density at radius 3 is 2.59 bits per heavy atom. The van der Waals surface area contributed by atoms with E-state index in [9.17, 15) is 0 Å². The normalized spacial score (nSPS) is 16.9. The first-order valence-corrected chi connectivity index (χ1v) is 6.50. The van der Waals surface area contributed by atoms with Crippen molar-refractivity contribution in [2.75, 3.05) is 24.3 Å². The topological polar surface area (TPSA) is 41.1 Å². The van der Waals surface area contributed by atoms with Crippen molar-refractivity contribution in [2.45, 2.75) is 38.1 Å². The van der Waals surface area contributed by atoms with Gasteiger partial charge in [-0.15, -0.1) is 0 Å². The molecule has 0 bridgehead atoms. The number of nitrogens with zero attached hydrogens (tertiary/aromatic N) is 3. The van der Waals surface area contributed by atoms with Gasteiger partial charge in [-0.3, -0.25) is 0 Å². The van der Waals surface area contributed by atoms with Crippen LogP contribution in [0.15, 0.2) is 6.33 Å². The molecule has 0 atom stereocenters. The number of rotatable bonds is 3. The van der Waals surface area contributed by atoms with Crippen LogP contribution in [0.1, 0.15) is 32.1 Å². The first kappa shape index (κ1) is 12.4. The van der Waals surface area contributed by atoms with Crippen molar-refractivity contribution < 1.29 is 0 Å². The van der Waals surface area contributed by atoms with E-state index in [-0.39, 0.29) is 0 Å². The summed E-state index contributed by atoms with van der Waals surface area (Å²) in [6.07, 6.45) is 7.85. The molecule has 1 aromatic rings. The van der Waals surface area contributed by atoms with Gasteiger partial charge in [0, 0.05) is 20.1 Å². The maximum absolute atomic E-state index is 6.15. The lowest BCUT2D eigenvalue weighted by Gasteiger charge is -2.26. The molecule has 4 nitrogen and oxygen atoms in total. The summed E-state index contributed by atoms with van der Waals surface area (Å²) in [6.45, 7) is 0. The van der Waals surface area contributed by atoms with Crippen LogP contribution in [-0.4, -0.2) is 30.1 Å². The Balaban J connectivity index is 2.18. The van der Waals surface area contributed by atoms with Gasteiger partial charge in [0.05, 0.1) is 0 Å². The average molecular weight is 255 g/mol. The van der Waals surface area contributed by atoms with Crippen LogP contribution in [0.25, 0.3) is 0 Å². The van der Waals surface area contributed by atoms with Gasteiger partial charge in [0.1, 0.15) is 12.0 Å². The molecule has 94 valence electrons. The highest BCUT2D eigenvalue weighted by atomic mass is 35.5. The van der Waals surface area contributed by atoms with Gasteiger partial charge in [-0.05, 0) is 12.8 Å². The SMILES string of the molecule is CN(C)c1ncnc(Cl)c1NC1CCCCC1. The molecule has 1 aliphatic carbocycles. The van der Waals surface area contributed by atoms with Gasteiger partial charge in [-0.1, -0.05) is 30.9 Å². The third-order valence-corrected chi connectivity index (χ3v) is 3.44. The summed E-state index contributed by atoms with van der Waals surface area (Å²) in [6, 6.07) is 0.506. The molecule has 0 amide bonds.